The first-order chi connectivity index (χ1) is 9.07. The molecule has 110 valence electrons. The van der Waals surface area contributed by atoms with Crippen LogP contribution in [-0.4, -0.2) is 12.2 Å². The summed E-state index contributed by atoms with van der Waals surface area (Å²) < 4.78 is 6.05. The minimum absolute atomic E-state index is 0.507. The van der Waals surface area contributed by atoms with Crippen molar-refractivity contribution < 1.29 is 4.74 Å². The Morgan fingerprint density at radius 2 is 1.47 bits per heavy atom. The fourth-order valence-corrected chi connectivity index (χ4v) is 5.08. The van der Waals surface area contributed by atoms with E-state index in [1.807, 2.05) is 0 Å². The number of rotatable bonds is 3. The molecule has 2 bridgehead atoms. The summed E-state index contributed by atoms with van der Waals surface area (Å²) in [5.74, 6) is 2.77. The van der Waals surface area contributed by atoms with E-state index in [0.29, 0.717) is 17.6 Å². The topological polar surface area (TPSA) is 9.23 Å². The lowest BCUT2D eigenvalue weighted by atomic mass is 9.60. The molecule has 1 saturated carbocycles. The molecule has 0 N–H and O–H groups in total. The molecular formula is C18H32O. The standard InChI is InChI=1S/C18H32O/c1-13(14-7-5-4-6-8-14)18(2,3)15-11-16-9-10-17(12-15)19-16/h13-17H,4-12H2,1-3H3/t13?,15?,16-,17+. The fourth-order valence-electron chi connectivity index (χ4n) is 5.08. The minimum Gasteiger partial charge on any atom is -0.375 e. The highest BCUT2D eigenvalue weighted by molar-refractivity contribution is 4.94. The van der Waals surface area contributed by atoms with Gasteiger partial charge in [-0.25, -0.2) is 0 Å². The second-order valence-electron chi connectivity index (χ2n) is 8.13. The van der Waals surface area contributed by atoms with Crippen molar-refractivity contribution in [2.75, 3.05) is 0 Å². The van der Waals surface area contributed by atoms with E-state index in [-0.39, 0.29) is 0 Å². The third-order valence-corrected chi connectivity index (χ3v) is 6.87. The van der Waals surface area contributed by atoms with Crippen LogP contribution in [0.15, 0.2) is 0 Å². The van der Waals surface area contributed by atoms with Gasteiger partial charge in [0, 0.05) is 0 Å². The zero-order chi connectivity index (χ0) is 13.5. The molecule has 3 rings (SSSR count). The molecule has 0 radical (unpaired) electrons. The zero-order valence-electron chi connectivity index (χ0n) is 13.2. The SMILES string of the molecule is CC(C1CCCCC1)C(C)(C)C1C[C@H]2CC[C@@H](C1)O2. The first kappa shape index (κ1) is 13.9. The van der Waals surface area contributed by atoms with Crippen LogP contribution in [-0.2, 0) is 4.74 Å². The molecule has 2 saturated heterocycles. The molecule has 0 aromatic rings. The summed E-state index contributed by atoms with van der Waals surface area (Å²) >= 11 is 0. The van der Waals surface area contributed by atoms with Crippen molar-refractivity contribution >= 4 is 0 Å². The molecule has 1 aliphatic carbocycles. The fraction of sp³-hybridized carbons (Fsp3) is 1.00. The Kier molecular flexibility index (Phi) is 3.95. The van der Waals surface area contributed by atoms with Crippen molar-refractivity contribution in [2.45, 2.75) is 90.8 Å². The van der Waals surface area contributed by atoms with Crippen LogP contribution in [0.25, 0.3) is 0 Å². The van der Waals surface area contributed by atoms with Gasteiger partial charge in [-0.2, -0.15) is 0 Å². The summed E-state index contributed by atoms with van der Waals surface area (Å²) in [4.78, 5) is 0. The maximum Gasteiger partial charge on any atom is 0.0582 e. The summed E-state index contributed by atoms with van der Waals surface area (Å²) in [6.45, 7) is 7.66. The quantitative estimate of drug-likeness (QED) is 0.682. The maximum atomic E-state index is 6.05. The summed E-state index contributed by atoms with van der Waals surface area (Å²) in [5.41, 5.74) is 0.507. The molecule has 19 heavy (non-hydrogen) atoms. The van der Waals surface area contributed by atoms with E-state index in [0.717, 1.165) is 17.8 Å². The molecular weight excluding hydrogens is 232 g/mol. The average Bonchev–Trinajstić information content (AvgIpc) is 2.77. The molecule has 1 heteroatoms. The van der Waals surface area contributed by atoms with Gasteiger partial charge >= 0.3 is 0 Å². The summed E-state index contributed by atoms with van der Waals surface area (Å²) in [7, 11) is 0. The van der Waals surface area contributed by atoms with Crippen LogP contribution in [0.3, 0.4) is 0 Å². The van der Waals surface area contributed by atoms with Crippen LogP contribution in [0.4, 0.5) is 0 Å². The van der Waals surface area contributed by atoms with Crippen molar-refractivity contribution in [3.63, 3.8) is 0 Å². The lowest BCUT2D eigenvalue weighted by Crippen LogP contribution is -2.41. The van der Waals surface area contributed by atoms with Gasteiger partial charge in [-0.05, 0) is 48.9 Å². The molecule has 3 fully saturated rings. The normalized spacial score (nSPS) is 38.4. The summed E-state index contributed by atoms with van der Waals surface area (Å²) in [5, 5.41) is 0. The van der Waals surface area contributed by atoms with Crippen LogP contribution in [0.5, 0.6) is 0 Å². The van der Waals surface area contributed by atoms with Crippen LogP contribution < -0.4 is 0 Å². The number of hydrogen-bond acceptors (Lipinski definition) is 1. The minimum atomic E-state index is 0.507. The molecule has 0 aromatic heterocycles. The van der Waals surface area contributed by atoms with Gasteiger partial charge < -0.3 is 4.74 Å². The molecule has 0 spiro atoms. The van der Waals surface area contributed by atoms with Gasteiger partial charge in [-0.1, -0.05) is 52.9 Å². The van der Waals surface area contributed by atoms with Crippen LogP contribution >= 0.6 is 0 Å². The predicted octanol–water partition coefficient (Wildman–Crippen LogP) is 5.19. The van der Waals surface area contributed by atoms with Crippen molar-refractivity contribution in [2.24, 2.45) is 23.2 Å². The van der Waals surface area contributed by atoms with E-state index in [2.05, 4.69) is 20.8 Å². The van der Waals surface area contributed by atoms with Crippen LogP contribution in [0, 0.1) is 23.2 Å². The van der Waals surface area contributed by atoms with Gasteiger partial charge in [0.25, 0.3) is 0 Å². The third kappa shape index (κ3) is 2.73. The Morgan fingerprint density at radius 1 is 0.895 bits per heavy atom. The van der Waals surface area contributed by atoms with Gasteiger partial charge in [0.1, 0.15) is 0 Å². The van der Waals surface area contributed by atoms with Crippen molar-refractivity contribution in [3.05, 3.63) is 0 Å². The molecule has 4 atom stereocenters. The van der Waals surface area contributed by atoms with E-state index < -0.39 is 0 Å². The van der Waals surface area contributed by atoms with E-state index in [1.165, 1.54) is 57.8 Å². The Hall–Kier alpha value is -0.0400. The average molecular weight is 264 g/mol. The Bertz CT molecular complexity index is 291. The van der Waals surface area contributed by atoms with Crippen LogP contribution in [0.1, 0.15) is 78.6 Å². The number of hydrogen-bond donors (Lipinski definition) is 0. The molecule has 2 unspecified atom stereocenters. The maximum absolute atomic E-state index is 6.05. The zero-order valence-corrected chi connectivity index (χ0v) is 13.2. The lowest BCUT2D eigenvalue weighted by Gasteiger charge is -2.47. The predicted molar refractivity (Wildman–Crippen MR) is 80.1 cm³/mol. The lowest BCUT2D eigenvalue weighted by molar-refractivity contribution is -0.0679. The highest BCUT2D eigenvalue weighted by Crippen LogP contribution is 2.50. The molecule has 0 amide bonds. The Morgan fingerprint density at radius 3 is 2.05 bits per heavy atom. The van der Waals surface area contributed by atoms with E-state index >= 15 is 0 Å². The summed E-state index contributed by atoms with van der Waals surface area (Å²) in [6.07, 6.45) is 13.9. The molecule has 2 heterocycles. The van der Waals surface area contributed by atoms with Crippen molar-refractivity contribution in [1.82, 2.24) is 0 Å². The highest BCUT2D eigenvalue weighted by Gasteiger charge is 2.45. The highest BCUT2D eigenvalue weighted by atomic mass is 16.5. The monoisotopic (exact) mass is 264 g/mol. The van der Waals surface area contributed by atoms with Gasteiger partial charge in [-0.15, -0.1) is 0 Å². The molecule has 0 aromatic carbocycles. The van der Waals surface area contributed by atoms with Crippen molar-refractivity contribution in [3.8, 4) is 0 Å². The van der Waals surface area contributed by atoms with E-state index in [1.54, 1.807) is 0 Å². The smallest absolute Gasteiger partial charge is 0.0582 e. The third-order valence-electron chi connectivity index (χ3n) is 6.87. The number of ether oxygens (including phenoxy) is 1. The van der Waals surface area contributed by atoms with E-state index in [4.69, 9.17) is 4.74 Å². The first-order valence-electron chi connectivity index (χ1n) is 8.73. The largest absolute Gasteiger partial charge is 0.375 e. The molecule has 1 nitrogen and oxygen atoms in total. The van der Waals surface area contributed by atoms with Gasteiger partial charge in [0.2, 0.25) is 0 Å². The first-order valence-corrected chi connectivity index (χ1v) is 8.73. The Balaban J connectivity index is 1.66. The van der Waals surface area contributed by atoms with Gasteiger partial charge in [-0.3, -0.25) is 0 Å². The van der Waals surface area contributed by atoms with Crippen LogP contribution in [0.2, 0.25) is 0 Å². The second-order valence-corrected chi connectivity index (χ2v) is 8.13. The molecule has 2 aliphatic heterocycles. The van der Waals surface area contributed by atoms with Gasteiger partial charge in [0.15, 0.2) is 0 Å². The summed E-state index contributed by atoms with van der Waals surface area (Å²) in [6, 6.07) is 0. The van der Waals surface area contributed by atoms with E-state index in [9.17, 15) is 0 Å². The van der Waals surface area contributed by atoms with Crippen molar-refractivity contribution in [1.29, 1.82) is 0 Å². The van der Waals surface area contributed by atoms with Gasteiger partial charge in [0.05, 0.1) is 12.2 Å². The number of fused-ring (bicyclic) bond motifs is 2. The molecule has 3 aliphatic rings. The Labute approximate surface area is 119 Å². The second kappa shape index (κ2) is 5.39.